The monoisotopic (exact) mass is 350 g/mol. The van der Waals surface area contributed by atoms with Crippen molar-refractivity contribution in [3.63, 3.8) is 0 Å². The fourth-order valence-electron chi connectivity index (χ4n) is 2.47. The normalized spacial score (nSPS) is 11.0. The number of hydrazone groups is 1. The van der Waals surface area contributed by atoms with E-state index in [2.05, 4.69) is 20.2 Å². The van der Waals surface area contributed by atoms with E-state index in [0.29, 0.717) is 18.5 Å². The van der Waals surface area contributed by atoms with Crippen LogP contribution in [-0.2, 0) is 16.1 Å². The van der Waals surface area contributed by atoms with Crippen LogP contribution >= 0.6 is 0 Å². The number of fused-ring (bicyclic) bond motifs is 1. The Kier molecular flexibility index (Phi) is 5.38. The minimum Gasteiger partial charge on any atom is -0.465 e. The first-order chi connectivity index (χ1) is 12.7. The van der Waals surface area contributed by atoms with Gasteiger partial charge < -0.3 is 9.30 Å². The van der Waals surface area contributed by atoms with Gasteiger partial charge >= 0.3 is 5.97 Å². The average molecular weight is 350 g/mol. The van der Waals surface area contributed by atoms with Gasteiger partial charge in [-0.15, -0.1) is 0 Å². The van der Waals surface area contributed by atoms with Gasteiger partial charge in [0, 0.05) is 13.0 Å². The molecule has 0 saturated heterocycles. The van der Waals surface area contributed by atoms with Gasteiger partial charge in [-0.05, 0) is 29.8 Å². The van der Waals surface area contributed by atoms with Gasteiger partial charge in [0.05, 0.1) is 36.2 Å². The van der Waals surface area contributed by atoms with Crippen molar-refractivity contribution >= 4 is 29.1 Å². The summed E-state index contributed by atoms with van der Waals surface area (Å²) in [5.74, 6) is -0.584. The van der Waals surface area contributed by atoms with Gasteiger partial charge in [0.15, 0.2) is 0 Å². The topological polar surface area (TPSA) is 85.6 Å². The van der Waals surface area contributed by atoms with Crippen LogP contribution in [0.2, 0.25) is 0 Å². The summed E-state index contributed by atoms with van der Waals surface area (Å²) >= 11 is 0. The second kappa shape index (κ2) is 8.06. The van der Waals surface area contributed by atoms with Crippen LogP contribution in [0.15, 0.2) is 60.0 Å². The molecule has 2 aromatic carbocycles. The molecule has 0 aliphatic rings. The third-order valence-electron chi connectivity index (χ3n) is 3.84. The number of carbonyl (C=O) groups is 2. The van der Waals surface area contributed by atoms with Gasteiger partial charge in [-0.3, -0.25) is 4.79 Å². The quantitative estimate of drug-likeness (QED) is 0.420. The predicted molar refractivity (Wildman–Crippen MR) is 97.9 cm³/mol. The molecule has 1 N–H and O–H groups in total. The summed E-state index contributed by atoms with van der Waals surface area (Å²) in [4.78, 5) is 27.6. The highest BCUT2D eigenvalue weighted by atomic mass is 16.5. The minimum atomic E-state index is -0.395. The van der Waals surface area contributed by atoms with Crippen LogP contribution in [0, 0.1) is 0 Å². The molecule has 26 heavy (non-hydrogen) atoms. The number of nitrogens with one attached hydrogen (secondary N) is 1. The molecule has 3 aromatic rings. The SMILES string of the molecule is COC(=O)c1ccc(C=NNC(=O)CCn2cnc3ccccc32)cc1. The molecule has 0 aliphatic heterocycles. The zero-order chi connectivity index (χ0) is 18.4. The molecule has 7 nitrogen and oxygen atoms in total. The molecule has 0 spiro atoms. The van der Waals surface area contributed by atoms with E-state index in [1.165, 1.54) is 13.3 Å². The maximum absolute atomic E-state index is 11.9. The van der Waals surface area contributed by atoms with E-state index in [9.17, 15) is 9.59 Å². The van der Waals surface area contributed by atoms with Crippen LogP contribution in [0.25, 0.3) is 11.0 Å². The Hall–Kier alpha value is -3.48. The van der Waals surface area contributed by atoms with Crippen LogP contribution in [-0.4, -0.2) is 34.8 Å². The number of amides is 1. The molecular weight excluding hydrogens is 332 g/mol. The third-order valence-corrected chi connectivity index (χ3v) is 3.84. The van der Waals surface area contributed by atoms with Crippen LogP contribution in [0.5, 0.6) is 0 Å². The third kappa shape index (κ3) is 4.13. The van der Waals surface area contributed by atoms with Crippen molar-refractivity contribution in [2.75, 3.05) is 7.11 Å². The van der Waals surface area contributed by atoms with Gasteiger partial charge in [0.1, 0.15) is 0 Å². The molecule has 0 atom stereocenters. The number of para-hydroxylation sites is 2. The van der Waals surface area contributed by atoms with E-state index in [4.69, 9.17) is 0 Å². The Labute approximate surface area is 150 Å². The van der Waals surface area contributed by atoms with E-state index in [1.54, 1.807) is 30.6 Å². The van der Waals surface area contributed by atoms with Gasteiger partial charge in [0.25, 0.3) is 0 Å². The number of esters is 1. The molecule has 1 heterocycles. The van der Waals surface area contributed by atoms with E-state index in [1.807, 2.05) is 28.8 Å². The Bertz CT molecular complexity index is 945. The summed E-state index contributed by atoms with van der Waals surface area (Å²) in [6, 6.07) is 14.5. The molecule has 0 saturated carbocycles. The minimum absolute atomic E-state index is 0.190. The largest absolute Gasteiger partial charge is 0.465 e. The highest BCUT2D eigenvalue weighted by Gasteiger charge is 2.05. The fourth-order valence-corrected chi connectivity index (χ4v) is 2.47. The average Bonchev–Trinajstić information content (AvgIpc) is 3.09. The summed E-state index contributed by atoms with van der Waals surface area (Å²) in [6.07, 6.45) is 3.54. The number of methoxy groups -OCH3 is 1. The molecule has 1 aromatic heterocycles. The maximum Gasteiger partial charge on any atom is 0.337 e. The maximum atomic E-state index is 11.9. The van der Waals surface area contributed by atoms with Crippen molar-refractivity contribution in [3.8, 4) is 0 Å². The Morgan fingerprint density at radius 3 is 2.73 bits per heavy atom. The summed E-state index contributed by atoms with van der Waals surface area (Å²) < 4.78 is 6.57. The van der Waals surface area contributed by atoms with Crippen LogP contribution in [0.3, 0.4) is 0 Å². The number of imidazole rings is 1. The number of hydrogen-bond acceptors (Lipinski definition) is 5. The number of nitrogens with zero attached hydrogens (tertiary/aromatic N) is 3. The Morgan fingerprint density at radius 2 is 1.96 bits per heavy atom. The summed E-state index contributed by atoms with van der Waals surface area (Å²) in [5, 5.41) is 3.93. The lowest BCUT2D eigenvalue weighted by Crippen LogP contribution is -2.19. The van der Waals surface area contributed by atoms with Crippen molar-refractivity contribution in [3.05, 3.63) is 66.0 Å². The molecule has 0 bridgehead atoms. The number of aromatic nitrogens is 2. The second-order valence-corrected chi connectivity index (χ2v) is 5.58. The van der Waals surface area contributed by atoms with Crippen molar-refractivity contribution in [1.82, 2.24) is 15.0 Å². The zero-order valence-electron chi connectivity index (χ0n) is 14.3. The lowest BCUT2D eigenvalue weighted by molar-refractivity contribution is -0.121. The summed E-state index contributed by atoms with van der Waals surface area (Å²) in [6.45, 7) is 0.524. The van der Waals surface area contributed by atoms with Gasteiger partial charge in [0.2, 0.25) is 5.91 Å². The van der Waals surface area contributed by atoms with Crippen LogP contribution in [0.1, 0.15) is 22.3 Å². The van der Waals surface area contributed by atoms with Crippen molar-refractivity contribution in [1.29, 1.82) is 0 Å². The molecule has 3 rings (SSSR count). The number of hydrogen-bond donors (Lipinski definition) is 1. The first-order valence-electron chi connectivity index (χ1n) is 8.07. The Balaban J connectivity index is 1.50. The number of benzene rings is 2. The fraction of sp³-hybridized carbons (Fsp3) is 0.158. The summed E-state index contributed by atoms with van der Waals surface area (Å²) in [7, 11) is 1.33. The molecule has 0 unspecified atom stereocenters. The summed E-state index contributed by atoms with van der Waals surface area (Å²) in [5.41, 5.74) is 5.62. The van der Waals surface area contributed by atoms with Crippen LogP contribution < -0.4 is 5.43 Å². The first kappa shape index (κ1) is 17.3. The smallest absolute Gasteiger partial charge is 0.337 e. The molecule has 0 radical (unpaired) electrons. The number of aryl methyl sites for hydroxylation is 1. The highest BCUT2D eigenvalue weighted by molar-refractivity contribution is 5.90. The standard InChI is InChI=1S/C19H18N4O3/c1-26-19(25)15-8-6-14(7-9-15)12-21-22-18(24)10-11-23-13-20-16-4-2-3-5-17(16)23/h2-9,12-13H,10-11H2,1H3,(H,22,24). The number of carbonyl (C=O) groups excluding carboxylic acids is 2. The molecule has 132 valence electrons. The van der Waals surface area contributed by atoms with E-state index >= 15 is 0 Å². The molecular formula is C19H18N4O3. The zero-order valence-corrected chi connectivity index (χ0v) is 14.3. The number of ether oxygens (including phenoxy) is 1. The predicted octanol–water partition coefficient (Wildman–Crippen LogP) is 2.36. The first-order valence-corrected chi connectivity index (χ1v) is 8.07. The molecule has 7 heteroatoms. The van der Waals surface area contributed by atoms with Crippen molar-refractivity contribution in [2.45, 2.75) is 13.0 Å². The van der Waals surface area contributed by atoms with Crippen LogP contribution in [0.4, 0.5) is 0 Å². The Morgan fingerprint density at radius 1 is 1.19 bits per heavy atom. The number of rotatable bonds is 6. The second-order valence-electron chi connectivity index (χ2n) is 5.58. The van der Waals surface area contributed by atoms with E-state index in [0.717, 1.165) is 16.6 Å². The van der Waals surface area contributed by atoms with Gasteiger partial charge in [-0.1, -0.05) is 24.3 Å². The van der Waals surface area contributed by atoms with Crippen molar-refractivity contribution in [2.24, 2.45) is 5.10 Å². The van der Waals surface area contributed by atoms with E-state index < -0.39 is 5.97 Å². The highest BCUT2D eigenvalue weighted by Crippen LogP contribution is 2.12. The lowest BCUT2D eigenvalue weighted by atomic mass is 10.1. The molecule has 0 aliphatic carbocycles. The lowest BCUT2D eigenvalue weighted by Gasteiger charge is -2.03. The van der Waals surface area contributed by atoms with Crippen molar-refractivity contribution < 1.29 is 14.3 Å². The van der Waals surface area contributed by atoms with E-state index in [-0.39, 0.29) is 5.91 Å². The molecule has 0 fully saturated rings. The van der Waals surface area contributed by atoms with Gasteiger partial charge in [-0.2, -0.15) is 5.10 Å². The molecule has 1 amide bonds. The van der Waals surface area contributed by atoms with Gasteiger partial charge in [-0.25, -0.2) is 15.2 Å².